The molecule has 0 bridgehead atoms. The number of hydrogen-bond acceptors (Lipinski definition) is 4. The highest BCUT2D eigenvalue weighted by Crippen LogP contribution is 2.32. The Hall–Kier alpha value is -3.02. The summed E-state index contributed by atoms with van der Waals surface area (Å²) in [7, 11) is 0. The van der Waals surface area contributed by atoms with Gasteiger partial charge in [-0.25, -0.2) is 9.18 Å². The number of nitrogens with zero attached hydrogens (tertiary/aromatic N) is 2. The van der Waals surface area contributed by atoms with Crippen molar-refractivity contribution in [2.24, 2.45) is 0 Å². The lowest BCUT2D eigenvalue weighted by Gasteiger charge is -2.09. The number of aromatic nitrogens is 2. The van der Waals surface area contributed by atoms with Crippen molar-refractivity contribution in [1.82, 2.24) is 10.1 Å². The zero-order valence-corrected chi connectivity index (χ0v) is 15.3. The fourth-order valence-corrected chi connectivity index (χ4v) is 3.04. The smallest absolute Gasteiger partial charge is 0.335 e. The summed E-state index contributed by atoms with van der Waals surface area (Å²) < 4.78 is 19.8. The third kappa shape index (κ3) is 2.87. The Balaban J connectivity index is 2.17. The molecule has 0 aliphatic heterocycles. The molecule has 6 heteroatoms. The van der Waals surface area contributed by atoms with E-state index in [0.29, 0.717) is 11.1 Å². The van der Waals surface area contributed by atoms with Crippen molar-refractivity contribution >= 4 is 5.97 Å². The van der Waals surface area contributed by atoms with E-state index in [-0.39, 0.29) is 22.8 Å². The van der Waals surface area contributed by atoms with Gasteiger partial charge < -0.3 is 9.63 Å². The number of benzene rings is 2. The highest BCUT2D eigenvalue weighted by atomic mass is 19.1. The highest BCUT2D eigenvalue weighted by molar-refractivity contribution is 5.92. The van der Waals surface area contributed by atoms with E-state index >= 15 is 0 Å². The predicted octanol–water partition coefficient (Wildman–Crippen LogP) is 4.78. The van der Waals surface area contributed by atoms with Crippen molar-refractivity contribution in [2.45, 2.75) is 34.6 Å². The summed E-state index contributed by atoms with van der Waals surface area (Å²) in [6, 6.07) is 4.83. The number of carbonyl (C=O) groups is 1. The van der Waals surface area contributed by atoms with Gasteiger partial charge in [0.15, 0.2) is 0 Å². The Labute approximate surface area is 150 Å². The molecule has 0 spiro atoms. The second kappa shape index (κ2) is 6.37. The monoisotopic (exact) mass is 354 g/mol. The third-order valence-corrected chi connectivity index (χ3v) is 4.77. The molecule has 0 radical (unpaired) electrons. The van der Waals surface area contributed by atoms with Crippen molar-refractivity contribution < 1.29 is 18.8 Å². The van der Waals surface area contributed by atoms with E-state index < -0.39 is 11.8 Å². The Morgan fingerprint density at radius 1 is 1.04 bits per heavy atom. The molecule has 26 heavy (non-hydrogen) atoms. The van der Waals surface area contributed by atoms with Gasteiger partial charge in [-0.15, -0.1) is 0 Å². The Morgan fingerprint density at radius 2 is 1.73 bits per heavy atom. The predicted molar refractivity (Wildman–Crippen MR) is 95.8 cm³/mol. The largest absolute Gasteiger partial charge is 0.478 e. The number of hydrogen-bond donors (Lipinski definition) is 1. The molecule has 1 aromatic heterocycles. The number of rotatable bonds is 3. The molecule has 0 unspecified atom stereocenters. The van der Waals surface area contributed by atoms with Crippen LogP contribution in [-0.2, 0) is 0 Å². The normalized spacial score (nSPS) is 11.0. The van der Waals surface area contributed by atoms with E-state index in [2.05, 4.69) is 10.1 Å². The van der Waals surface area contributed by atoms with E-state index in [1.807, 2.05) is 20.8 Å². The van der Waals surface area contributed by atoms with Crippen molar-refractivity contribution in [3.8, 4) is 22.8 Å². The molecule has 0 fully saturated rings. The topological polar surface area (TPSA) is 76.2 Å². The lowest BCUT2D eigenvalue weighted by atomic mass is 9.97. The van der Waals surface area contributed by atoms with Crippen LogP contribution in [0.1, 0.15) is 38.2 Å². The molecule has 2 aromatic carbocycles. The van der Waals surface area contributed by atoms with Crippen LogP contribution < -0.4 is 0 Å². The summed E-state index contributed by atoms with van der Waals surface area (Å²) in [6.45, 7) is 9.05. The van der Waals surface area contributed by atoms with Crippen LogP contribution in [0.4, 0.5) is 4.39 Å². The maximum Gasteiger partial charge on any atom is 0.335 e. The van der Waals surface area contributed by atoms with Gasteiger partial charge in [0.2, 0.25) is 5.82 Å². The van der Waals surface area contributed by atoms with Gasteiger partial charge in [0.1, 0.15) is 5.82 Å². The molecular formula is C20H19FN2O3. The first-order valence-electron chi connectivity index (χ1n) is 8.16. The summed E-state index contributed by atoms with van der Waals surface area (Å²) in [6.07, 6.45) is 0. The van der Waals surface area contributed by atoms with Crippen molar-refractivity contribution in [1.29, 1.82) is 0 Å². The van der Waals surface area contributed by atoms with Crippen LogP contribution in [0.5, 0.6) is 0 Å². The third-order valence-electron chi connectivity index (χ3n) is 4.77. The first-order chi connectivity index (χ1) is 12.2. The quantitative estimate of drug-likeness (QED) is 0.732. The van der Waals surface area contributed by atoms with E-state index in [1.165, 1.54) is 6.07 Å². The van der Waals surface area contributed by atoms with Gasteiger partial charge in [-0.2, -0.15) is 4.98 Å². The van der Waals surface area contributed by atoms with Gasteiger partial charge in [-0.3, -0.25) is 0 Å². The maximum absolute atomic E-state index is 14.5. The molecule has 3 aromatic rings. The molecule has 1 N–H and O–H groups in total. The Morgan fingerprint density at radius 3 is 2.38 bits per heavy atom. The highest BCUT2D eigenvalue weighted by Gasteiger charge is 2.21. The van der Waals surface area contributed by atoms with Crippen LogP contribution in [0.25, 0.3) is 22.8 Å². The van der Waals surface area contributed by atoms with Crippen LogP contribution in [0.3, 0.4) is 0 Å². The first kappa shape index (κ1) is 17.8. The number of aromatic carboxylic acids is 1. The van der Waals surface area contributed by atoms with Gasteiger partial charge in [0, 0.05) is 5.56 Å². The average molecular weight is 354 g/mol. The van der Waals surface area contributed by atoms with Crippen LogP contribution in [-0.4, -0.2) is 21.2 Å². The second-order valence-electron chi connectivity index (χ2n) is 6.51. The second-order valence-corrected chi connectivity index (χ2v) is 6.51. The summed E-state index contributed by atoms with van der Waals surface area (Å²) in [5.41, 5.74) is 4.86. The zero-order chi connectivity index (χ0) is 19.2. The van der Waals surface area contributed by atoms with Gasteiger partial charge in [-0.1, -0.05) is 5.16 Å². The van der Waals surface area contributed by atoms with E-state index in [9.17, 15) is 14.3 Å². The molecule has 0 amide bonds. The van der Waals surface area contributed by atoms with Crippen LogP contribution in [0.15, 0.2) is 22.7 Å². The van der Waals surface area contributed by atoms with Crippen LogP contribution in [0, 0.1) is 40.4 Å². The lowest BCUT2D eigenvalue weighted by Crippen LogP contribution is -2.02. The molecule has 0 aliphatic carbocycles. The Bertz CT molecular complexity index is 1040. The summed E-state index contributed by atoms with van der Waals surface area (Å²) in [5, 5.41) is 13.3. The fraction of sp³-hybridized carbons (Fsp3) is 0.250. The fourth-order valence-electron chi connectivity index (χ4n) is 3.04. The SMILES string of the molecule is Cc1cc(C(=O)O)c(C)c(-c2noc(-c3c(F)cc(C)c(C)c3C)n2)c1. The van der Waals surface area contributed by atoms with Crippen molar-refractivity contribution in [3.05, 3.63) is 57.4 Å². The van der Waals surface area contributed by atoms with Crippen LogP contribution >= 0.6 is 0 Å². The molecule has 3 rings (SSSR count). The van der Waals surface area contributed by atoms with Crippen LogP contribution in [0.2, 0.25) is 0 Å². The van der Waals surface area contributed by atoms with Gasteiger partial charge in [-0.05, 0) is 80.6 Å². The molecule has 0 saturated carbocycles. The molecule has 0 saturated heterocycles. The standard InChI is InChI=1S/C20H19FN2O3/c1-9-6-14(13(5)15(7-9)20(24)25)18-22-19(26-23-18)17-12(4)11(3)10(2)8-16(17)21/h6-8H,1-5H3,(H,24,25). The minimum Gasteiger partial charge on any atom is -0.478 e. The van der Waals surface area contributed by atoms with Crippen molar-refractivity contribution in [2.75, 3.05) is 0 Å². The Kier molecular flexibility index (Phi) is 4.36. The van der Waals surface area contributed by atoms with E-state index in [0.717, 1.165) is 22.3 Å². The minimum atomic E-state index is -1.02. The summed E-state index contributed by atoms with van der Waals surface area (Å²) >= 11 is 0. The zero-order valence-electron chi connectivity index (χ0n) is 15.3. The van der Waals surface area contributed by atoms with E-state index in [4.69, 9.17) is 4.52 Å². The minimum absolute atomic E-state index is 0.0795. The van der Waals surface area contributed by atoms with Gasteiger partial charge >= 0.3 is 5.97 Å². The molecule has 134 valence electrons. The number of aryl methyl sites for hydroxylation is 2. The van der Waals surface area contributed by atoms with E-state index in [1.54, 1.807) is 26.0 Å². The molecule has 0 atom stereocenters. The molecule has 1 heterocycles. The number of carboxylic acids is 1. The average Bonchev–Trinajstić information content (AvgIpc) is 3.03. The first-order valence-corrected chi connectivity index (χ1v) is 8.16. The lowest BCUT2D eigenvalue weighted by molar-refractivity contribution is 0.0696. The summed E-state index contributed by atoms with van der Waals surface area (Å²) in [5.74, 6) is -1.13. The van der Waals surface area contributed by atoms with Gasteiger partial charge in [0.05, 0.1) is 11.1 Å². The molecule has 0 aliphatic rings. The van der Waals surface area contributed by atoms with Gasteiger partial charge in [0.25, 0.3) is 5.89 Å². The number of halogens is 1. The summed E-state index contributed by atoms with van der Waals surface area (Å²) in [4.78, 5) is 15.8. The molecular weight excluding hydrogens is 335 g/mol. The molecule has 5 nitrogen and oxygen atoms in total. The number of carboxylic acid groups (broad SMARTS) is 1. The maximum atomic E-state index is 14.5. The van der Waals surface area contributed by atoms with Crippen molar-refractivity contribution in [3.63, 3.8) is 0 Å².